The molecule has 0 atom stereocenters. The van der Waals surface area contributed by atoms with Crippen molar-refractivity contribution >= 4 is 23.6 Å². The van der Waals surface area contributed by atoms with Crippen molar-refractivity contribution in [2.24, 2.45) is 0 Å². The van der Waals surface area contributed by atoms with Crippen LogP contribution >= 0.6 is 0 Å². The summed E-state index contributed by atoms with van der Waals surface area (Å²) in [5, 5.41) is 21.1. The van der Waals surface area contributed by atoms with E-state index < -0.39 is 16.4 Å². The van der Waals surface area contributed by atoms with Crippen LogP contribution in [0.5, 0.6) is 17.2 Å². The Morgan fingerprint density at radius 1 is 1.03 bits per heavy atom. The normalized spacial score (nSPS) is 16.8. The number of aromatic hydroxyl groups is 1. The number of nitro benzene ring substituents is 1. The fraction of sp³-hybridized carbons (Fsp3) is 0.227. The summed E-state index contributed by atoms with van der Waals surface area (Å²) in [6.45, 7) is 0. The highest BCUT2D eigenvalue weighted by Crippen LogP contribution is 2.38. The minimum atomic E-state index is -0.684. The van der Waals surface area contributed by atoms with E-state index in [1.165, 1.54) is 19.2 Å². The van der Waals surface area contributed by atoms with Crippen molar-refractivity contribution < 1.29 is 24.3 Å². The molecule has 0 bridgehead atoms. The Kier molecular flexibility index (Phi) is 5.97. The van der Waals surface area contributed by atoms with Crippen LogP contribution in [-0.2, 0) is 4.79 Å². The number of allylic oxidation sites excluding steroid dienone is 2. The molecule has 7 nitrogen and oxygen atoms in total. The Bertz CT molecular complexity index is 1020. The van der Waals surface area contributed by atoms with Gasteiger partial charge in [0.05, 0.1) is 19.1 Å². The lowest BCUT2D eigenvalue weighted by Crippen LogP contribution is -2.12. The van der Waals surface area contributed by atoms with Crippen LogP contribution in [-0.4, -0.2) is 30.0 Å². The van der Waals surface area contributed by atoms with Gasteiger partial charge in [-0.2, -0.15) is 0 Å². The van der Waals surface area contributed by atoms with Gasteiger partial charge in [0, 0.05) is 17.2 Å². The van der Waals surface area contributed by atoms with Crippen LogP contribution in [0.25, 0.3) is 12.2 Å². The van der Waals surface area contributed by atoms with E-state index in [1.54, 1.807) is 13.2 Å². The van der Waals surface area contributed by atoms with E-state index >= 15 is 0 Å². The molecule has 1 aliphatic carbocycles. The van der Waals surface area contributed by atoms with Gasteiger partial charge in [-0.1, -0.05) is 12.1 Å². The van der Waals surface area contributed by atoms with Crippen LogP contribution < -0.4 is 9.47 Å². The molecule has 29 heavy (non-hydrogen) atoms. The van der Waals surface area contributed by atoms with Gasteiger partial charge in [0.1, 0.15) is 5.75 Å². The molecule has 0 saturated heterocycles. The third kappa shape index (κ3) is 4.45. The van der Waals surface area contributed by atoms with E-state index in [1.807, 2.05) is 30.3 Å². The first-order chi connectivity index (χ1) is 13.9. The molecule has 0 unspecified atom stereocenters. The molecule has 0 radical (unpaired) electrons. The van der Waals surface area contributed by atoms with Crippen LogP contribution in [0.1, 0.15) is 30.4 Å². The molecule has 1 aliphatic rings. The molecule has 150 valence electrons. The Balaban J connectivity index is 1.96. The number of hydrogen-bond acceptors (Lipinski definition) is 6. The summed E-state index contributed by atoms with van der Waals surface area (Å²) < 4.78 is 10.2. The number of ketones is 1. The molecule has 0 aromatic heterocycles. The first-order valence-corrected chi connectivity index (χ1v) is 9.08. The molecule has 0 spiro atoms. The van der Waals surface area contributed by atoms with Gasteiger partial charge >= 0.3 is 5.69 Å². The molecule has 2 aromatic rings. The number of nitrogens with zero attached hydrogens (tertiary/aromatic N) is 1. The summed E-state index contributed by atoms with van der Waals surface area (Å²) in [6.07, 6.45) is 5.50. The van der Waals surface area contributed by atoms with Crippen molar-refractivity contribution in [2.45, 2.75) is 19.3 Å². The van der Waals surface area contributed by atoms with Gasteiger partial charge in [-0.05, 0) is 60.7 Å². The lowest BCUT2D eigenvalue weighted by Gasteiger charge is -2.17. The zero-order valence-corrected chi connectivity index (χ0v) is 16.2. The first kappa shape index (κ1) is 20.1. The van der Waals surface area contributed by atoms with E-state index in [0.717, 1.165) is 12.0 Å². The number of benzene rings is 2. The highest BCUT2D eigenvalue weighted by Gasteiger charge is 2.23. The van der Waals surface area contributed by atoms with Crippen molar-refractivity contribution in [3.8, 4) is 17.2 Å². The molecule has 1 fully saturated rings. The zero-order chi connectivity index (χ0) is 21.0. The minimum absolute atomic E-state index is 0.0125. The van der Waals surface area contributed by atoms with E-state index in [2.05, 4.69) is 0 Å². The predicted molar refractivity (Wildman–Crippen MR) is 109 cm³/mol. The van der Waals surface area contributed by atoms with E-state index in [4.69, 9.17) is 9.47 Å². The van der Waals surface area contributed by atoms with Crippen molar-refractivity contribution in [1.29, 1.82) is 0 Å². The van der Waals surface area contributed by atoms with Crippen LogP contribution in [0.3, 0.4) is 0 Å². The number of phenols is 1. The van der Waals surface area contributed by atoms with Gasteiger partial charge < -0.3 is 14.6 Å². The molecule has 7 heteroatoms. The fourth-order valence-electron chi connectivity index (χ4n) is 3.30. The Labute approximate surface area is 168 Å². The summed E-state index contributed by atoms with van der Waals surface area (Å²) in [5.41, 5.74) is 2.07. The Hall–Kier alpha value is -3.61. The third-order valence-electron chi connectivity index (χ3n) is 4.74. The monoisotopic (exact) mass is 395 g/mol. The average molecular weight is 395 g/mol. The molecular weight excluding hydrogens is 374 g/mol. The van der Waals surface area contributed by atoms with Gasteiger partial charge in [0.25, 0.3) is 0 Å². The Morgan fingerprint density at radius 3 is 2.34 bits per heavy atom. The van der Waals surface area contributed by atoms with Crippen LogP contribution in [0, 0.1) is 10.1 Å². The number of Topliss-reactive ketones (excluding diaryl/α,β-unsaturated/α-hetero) is 1. The largest absolute Gasteiger partial charge is 0.500 e. The van der Waals surface area contributed by atoms with Crippen LogP contribution in [0.4, 0.5) is 5.69 Å². The second-order valence-electron chi connectivity index (χ2n) is 6.65. The Morgan fingerprint density at radius 2 is 1.72 bits per heavy atom. The van der Waals surface area contributed by atoms with Gasteiger partial charge in [0.15, 0.2) is 11.5 Å². The molecule has 3 rings (SSSR count). The van der Waals surface area contributed by atoms with Crippen molar-refractivity contribution in [1.82, 2.24) is 0 Å². The maximum atomic E-state index is 12.9. The topological polar surface area (TPSA) is 98.9 Å². The molecule has 0 aliphatic heterocycles. The standard InChI is InChI=1S/C22H21NO6/c1-28-18-8-3-5-14(11-18)9-16-6-4-7-17(21(16)24)10-15-12-19(23(26)27)22(25)20(13-15)29-2/h3,5,8-13,25H,4,6-7H2,1-2H3/b16-9+,17-10+. The first-order valence-electron chi connectivity index (χ1n) is 9.08. The number of carbonyl (C=O) groups excluding carboxylic acids is 1. The number of hydrogen-bond donors (Lipinski definition) is 1. The summed E-state index contributed by atoms with van der Waals surface area (Å²) in [7, 11) is 2.90. The number of carbonyl (C=O) groups is 1. The lowest BCUT2D eigenvalue weighted by molar-refractivity contribution is -0.386. The maximum Gasteiger partial charge on any atom is 0.315 e. The predicted octanol–water partition coefficient (Wildman–Crippen LogP) is 4.54. The molecule has 0 heterocycles. The fourth-order valence-corrected chi connectivity index (χ4v) is 3.30. The van der Waals surface area contributed by atoms with Gasteiger partial charge in [-0.25, -0.2) is 0 Å². The van der Waals surface area contributed by atoms with Crippen LogP contribution in [0.2, 0.25) is 0 Å². The number of methoxy groups -OCH3 is 2. The molecule has 2 aromatic carbocycles. The second-order valence-corrected chi connectivity index (χ2v) is 6.65. The average Bonchev–Trinajstić information content (AvgIpc) is 2.72. The summed E-state index contributed by atoms with van der Waals surface area (Å²) in [4.78, 5) is 23.5. The van der Waals surface area contributed by atoms with Gasteiger partial charge in [0.2, 0.25) is 5.75 Å². The smallest absolute Gasteiger partial charge is 0.315 e. The third-order valence-corrected chi connectivity index (χ3v) is 4.74. The molecular formula is C22H21NO6. The van der Waals surface area contributed by atoms with E-state index in [-0.39, 0.29) is 11.5 Å². The second kappa shape index (κ2) is 8.60. The van der Waals surface area contributed by atoms with Gasteiger partial charge in [-0.15, -0.1) is 0 Å². The van der Waals surface area contributed by atoms with Crippen LogP contribution in [0.15, 0.2) is 47.5 Å². The number of rotatable bonds is 5. The highest BCUT2D eigenvalue weighted by atomic mass is 16.6. The number of phenolic OH excluding ortho intramolecular Hbond substituents is 1. The van der Waals surface area contributed by atoms with Crippen molar-refractivity contribution in [2.75, 3.05) is 14.2 Å². The van der Waals surface area contributed by atoms with Gasteiger partial charge in [-0.3, -0.25) is 14.9 Å². The lowest BCUT2D eigenvalue weighted by atomic mass is 9.86. The summed E-state index contributed by atoms with van der Waals surface area (Å²) in [5.74, 6) is 0.0744. The highest BCUT2D eigenvalue weighted by molar-refractivity contribution is 6.14. The maximum absolute atomic E-state index is 12.9. The number of ether oxygens (including phenoxy) is 2. The summed E-state index contributed by atoms with van der Waals surface area (Å²) in [6, 6.07) is 10.2. The molecule has 1 saturated carbocycles. The quantitative estimate of drug-likeness (QED) is 0.453. The van der Waals surface area contributed by atoms with Crippen molar-refractivity contribution in [3.63, 3.8) is 0 Å². The van der Waals surface area contributed by atoms with Crippen molar-refractivity contribution in [3.05, 3.63) is 68.8 Å². The SMILES string of the molecule is COc1cccc(/C=C2\CCC/C(=C\c3cc(OC)c(O)c([N+](=O)[O-])c3)C2=O)c1. The van der Waals surface area contributed by atoms with E-state index in [9.17, 15) is 20.0 Å². The van der Waals surface area contributed by atoms with E-state index in [0.29, 0.717) is 35.3 Å². The molecule has 1 N–H and O–H groups in total. The summed E-state index contributed by atoms with van der Waals surface area (Å²) >= 11 is 0. The minimum Gasteiger partial charge on any atom is -0.500 e. The number of nitro groups is 1. The zero-order valence-electron chi connectivity index (χ0n) is 16.2. The molecule has 0 amide bonds.